The van der Waals surface area contributed by atoms with Crippen LogP contribution in [0.25, 0.3) is 0 Å². The lowest BCUT2D eigenvalue weighted by Crippen LogP contribution is -2.36. The van der Waals surface area contributed by atoms with Gasteiger partial charge >= 0.3 is 0 Å². The molecule has 4 aromatic carbocycles. The quantitative estimate of drug-likeness (QED) is 0.0766. The van der Waals surface area contributed by atoms with E-state index in [9.17, 15) is 9.90 Å². The van der Waals surface area contributed by atoms with Crippen LogP contribution in [0.15, 0.2) is 121 Å². The summed E-state index contributed by atoms with van der Waals surface area (Å²) in [5, 5.41) is 19.0. The molecular weight excluding hydrogens is 605 g/mol. The molecule has 0 fully saturated rings. The average molecular weight is 651 g/mol. The first-order valence-electron chi connectivity index (χ1n) is 16.2. The molecule has 1 aromatic heterocycles. The maximum atomic E-state index is 10.2. The number of aryl methyl sites for hydroxylation is 3. The van der Waals surface area contributed by atoms with Gasteiger partial charge in [-0.15, -0.1) is 11.8 Å². The fourth-order valence-electron chi connectivity index (χ4n) is 5.28. The average Bonchev–Trinajstić information content (AvgIpc) is 3.51. The van der Waals surface area contributed by atoms with E-state index < -0.39 is 5.97 Å². The number of hydrogen-bond donors (Lipinski definition) is 1. The molecule has 1 atom stereocenters. The van der Waals surface area contributed by atoms with Crippen molar-refractivity contribution < 1.29 is 24.3 Å². The zero-order valence-electron chi connectivity index (χ0n) is 27.8. The van der Waals surface area contributed by atoms with Gasteiger partial charge in [0.2, 0.25) is 6.33 Å². The van der Waals surface area contributed by atoms with Crippen molar-refractivity contribution in [3.8, 4) is 5.75 Å². The summed E-state index contributed by atoms with van der Waals surface area (Å²) in [5.41, 5.74) is 6.38. The van der Waals surface area contributed by atoms with E-state index in [0.29, 0.717) is 12.5 Å². The molecule has 0 saturated carbocycles. The summed E-state index contributed by atoms with van der Waals surface area (Å²) in [6.07, 6.45) is 8.79. The normalized spacial score (nSPS) is 11.6. The Bertz CT molecular complexity index is 1700. The number of aromatic hydroxyl groups is 1. The Morgan fingerprint density at radius 2 is 1.66 bits per heavy atom. The molecule has 1 N–H and O–H groups in total. The predicted octanol–water partition coefficient (Wildman–Crippen LogP) is 7.49. The SMILES string of the molecule is Cc1ccc(COC(C[n+]2ccn(CCCSc3ccccc3)c2)c2ccccc2CC(C)C)cc1C.O=C([O-])c1ccccc1O. The largest absolute Gasteiger partial charge is 0.545 e. The van der Waals surface area contributed by atoms with Gasteiger partial charge in [-0.25, -0.2) is 9.13 Å². The van der Waals surface area contributed by atoms with Gasteiger partial charge < -0.3 is 19.7 Å². The highest BCUT2D eigenvalue weighted by atomic mass is 32.2. The molecule has 0 bridgehead atoms. The van der Waals surface area contributed by atoms with Gasteiger partial charge in [-0.1, -0.05) is 86.6 Å². The lowest BCUT2D eigenvalue weighted by atomic mass is 9.95. The molecule has 0 aliphatic rings. The van der Waals surface area contributed by atoms with Crippen LogP contribution < -0.4 is 9.67 Å². The van der Waals surface area contributed by atoms with Gasteiger partial charge in [-0.05, 0) is 84.7 Å². The Labute approximate surface area is 283 Å². The number of carboxylic acids is 1. The van der Waals surface area contributed by atoms with E-state index in [1.165, 1.54) is 50.9 Å². The maximum absolute atomic E-state index is 10.2. The number of hydrogen-bond acceptors (Lipinski definition) is 5. The lowest BCUT2D eigenvalue weighted by Gasteiger charge is -2.21. The van der Waals surface area contributed by atoms with Crippen LogP contribution in [0.2, 0.25) is 0 Å². The van der Waals surface area contributed by atoms with Crippen LogP contribution in [0.4, 0.5) is 0 Å². The van der Waals surface area contributed by atoms with Gasteiger partial charge in [-0.2, -0.15) is 0 Å². The number of aromatic carboxylic acids is 1. The van der Waals surface area contributed by atoms with Gasteiger partial charge in [0.1, 0.15) is 30.8 Å². The second kappa shape index (κ2) is 18.1. The number of aromatic nitrogens is 2. The predicted molar refractivity (Wildman–Crippen MR) is 187 cm³/mol. The van der Waals surface area contributed by atoms with Gasteiger partial charge in [0.15, 0.2) is 0 Å². The molecule has 0 aliphatic carbocycles. The number of nitrogens with zero attached hydrogens (tertiary/aromatic N) is 2. The van der Waals surface area contributed by atoms with Crippen LogP contribution in [-0.4, -0.2) is 21.4 Å². The number of rotatable bonds is 14. The number of para-hydroxylation sites is 1. The molecular formula is C40H46N2O4S. The number of carbonyl (C=O) groups excluding carboxylic acids is 1. The summed E-state index contributed by atoms with van der Waals surface area (Å²) < 4.78 is 11.2. The summed E-state index contributed by atoms with van der Waals surface area (Å²) in [4.78, 5) is 11.5. The van der Waals surface area contributed by atoms with E-state index in [-0.39, 0.29) is 17.4 Å². The third-order valence-corrected chi connectivity index (χ3v) is 8.97. The Morgan fingerprint density at radius 1 is 0.936 bits per heavy atom. The fraction of sp³-hybridized carbons (Fsp3) is 0.300. The highest BCUT2D eigenvalue weighted by Crippen LogP contribution is 2.26. The Hall–Kier alpha value is -4.33. The third kappa shape index (κ3) is 11.5. The summed E-state index contributed by atoms with van der Waals surface area (Å²) in [5.74, 6) is 0.0941. The lowest BCUT2D eigenvalue weighted by molar-refractivity contribution is -0.704. The number of ether oxygens (including phenoxy) is 1. The number of thioether (sulfide) groups is 1. The number of phenols is 1. The molecule has 1 unspecified atom stereocenters. The van der Waals surface area contributed by atoms with Crippen molar-refractivity contribution in [2.75, 3.05) is 5.75 Å². The summed E-state index contributed by atoms with van der Waals surface area (Å²) >= 11 is 1.93. The summed E-state index contributed by atoms with van der Waals surface area (Å²) in [7, 11) is 0. The minimum absolute atomic E-state index is 0.00829. The van der Waals surface area contributed by atoms with Gasteiger partial charge in [0, 0.05) is 16.2 Å². The standard InChI is InChI=1S/C33H41N2OS.C7H6O3/c1-26(2)21-30-11-8-9-14-32(30)33(36-24-29-16-15-27(3)28(4)22-29)23-35-19-18-34(25-35)17-10-20-37-31-12-6-5-7-13-31;8-6-4-2-1-3-5(6)7(9)10/h5-9,11-16,18-19,22,25-26,33H,10,17,20-21,23-24H2,1-4H3;1-4,8H,(H,9,10)/q+1;/p-1. The molecule has 47 heavy (non-hydrogen) atoms. The van der Waals surface area contributed by atoms with Crippen LogP contribution in [0.1, 0.15) is 64.5 Å². The minimum atomic E-state index is -1.36. The minimum Gasteiger partial charge on any atom is -0.545 e. The molecule has 0 radical (unpaired) electrons. The third-order valence-electron chi connectivity index (χ3n) is 7.87. The second-order valence-electron chi connectivity index (χ2n) is 12.2. The molecule has 6 nitrogen and oxygen atoms in total. The molecule has 7 heteroatoms. The second-order valence-corrected chi connectivity index (χ2v) is 13.4. The van der Waals surface area contributed by atoms with Crippen molar-refractivity contribution in [3.63, 3.8) is 0 Å². The highest BCUT2D eigenvalue weighted by molar-refractivity contribution is 7.99. The van der Waals surface area contributed by atoms with Crippen molar-refractivity contribution in [3.05, 3.63) is 149 Å². The van der Waals surface area contributed by atoms with E-state index in [0.717, 1.165) is 31.7 Å². The molecule has 5 aromatic rings. The first-order chi connectivity index (χ1) is 22.7. The molecule has 0 amide bonds. The van der Waals surface area contributed by atoms with E-state index in [1.54, 1.807) is 6.07 Å². The fourth-order valence-corrected chi connectivity index (χ4v) is 6.13. The van der Waals surface area contributed by atoms with Crippen molar-refractivity contribution in [2.24, 2.45) is 5.92 Å². The Kier molecular flexibility index (Phi) is 13.7. The monoisotopic (exact) mass is 650 g/mol. The molecule has 0 aliphatic heterocycles. The first kappa shape index (κ1) is 35.5. The number of carbonyl (C=O) groups is 1. The molecule has 5 rings (SSSR count). The zero-order chi connectivity index (χ0) is 33.6. The van der Waals surface area contributed by atoms with Crippen molar-refractivity contribution in [1.82, 2.24) is 4.57 Å². The van der Waals surface area contributed by atoms with Gasteiger partial charge in [0.25, 0.3) is 0 Å². The first-order valence-corrected chi connectivity index (χ1v) is 17.2. The Balaban J connectivity index is 0.000000427. The van der Waals surface area contributed by atoms with E-state index in [1.807, 2.05) is 11.8 Å². The smallest absolute Gasteiger partial charge is 0.243 e. The van der Waals surface area contributed by atoms with Crippen LogP contribution in [-0.2, 0) is 30.9 Å². The van der Waals surface area contributed by atoms with Crippen molar-refractivity contribution in [2.45, 2.75) is 71.2 Å². The van der Waals surface area contributed by atoms with Crippen LogP contribution in [0, 0.1) is 19.8 Å². The molecule has 0 saturated heterocycles. The van der Waals surface area contributed by atoms with Crippen LogP contribution >= 0.6 is 11.8 Å². The van der Waals surface area contributed by atoms with E-state index >= 15 is 0 Å². The van der Waals surface area contributed by atoms with E-state index in [4.69, 9.17) is 9.84 Å². The molecule has 246 valence electrons. The summed E-state index contributed by atoms with van der Waals surface area (Å²) in [6, 6.07) is 31.7. The van der Waals surface area contributed by atoms with Crippen molar-refractivity contribution in [1.29, 1.82) is 0 Å². The highest BCUT2D eigenvalue weighted by Gasteiger charge is 2.20. The van der Waals surface area contributed by atoms with Gasteiger partial charge in [-0.3, -0.25) is 0 Å². The maximum Gasteiger partial charge on any atom is 0.243 e. The molecule has 0 spiro atoms. The van der Waals surface area contributed by atoms with Crippen molar-refractivity contribution >= 4 is 17.7 Å². The zero-order valence-corrected chi connectivity index (χ0v) is 28.7. The number of carboxylic acid groups (broad SMARTS) is 1. The number of benzene rings is 4. The van der Waals surface area contributed by atoms with Crippen LogP contribution in [0.5, 0.6) is 5.75 Å². The Morgan fingerprint density at radius 3 is 2.36 bits per heavy atom. The van der Waals surface area contributed by atoms with Gasteiger partial charge in [0.05, 0.1) is 19.1 Å². The summed E-state index contributed by atoms with van der Waals surface area (Å²) in [6.45, 7) is 11.3. The number of imidazole rings is 1. The van der Waals surface area contributed by atoms with E-state index in [2.05, 4.69) is 128 Å². The molecule has 1 heterocycles. The van der Waals surface area contributed by atoms with Crippen LogP contribution in [0.3, 0.4) is 0 Å². The topological polar surface area (TPSA) is 78.4 Å².